The van der Waals surface area contributed by atoms with E-state index in [-0.39, 0.29) is 0 Å². The number of hydrogen-bond acceptors (Lipinski definition) is 5. The molecule has 2 heterocycles. The molecule has 160 valence electrons. The lowest BCUT2D eigenvalue weighted by atomic mass is 10.2. The number of nitrogens with zero attached hydrogens (tertiary/aromatic N) is 5. The fourth-order valence-electron chi connectivity index (χ4n) is 1.97. The Balaban J connectivity index is 0.000000553. The van der Waals surface area contributed by atoms with Crippen molar-refractivity contribution in [1.82, 2.24) is 9.88 Å². The highest BCUT2D eigenvalue weighted by atomic mass is 32.1. The van der Waals surface area contributed by atoms with Crippen molar-refractivity contribution in [3.8, 4) is 12.3 Å². The van der Waals surface area contributed by atoms with Crippen molar-refractivity contribution in [2.45, 2.75) is 48.0 Å². The molecular formula is C23H31N5S2. The van der Waals surface area contributed by atoms with Crippen molar-refractivity contribution >= 4 is 46.1 Å². The summed E-state index contributed by atoms with van der Waals surface area (Å²) >= 11 is 3.21. The Morgan fingerprint density at radius 3 is 2.50 bits per heavy atom. The third-order valence-corrected chi connectivity index (χ3v) is 6.15. The monoisotopic (exact) mass is 441 g/mol. The van der Waals surface area contributed by atoms with E-state index in [4.69, 9.17) is 11.4 Å². The summed E-state index contributed by atoms with van der Waals surface area (Å²) < 4.78 is 0. The molecule has 0 amide bonds. The van der Waals surface area contributed by atoms with Crippen molar-refractivity contribution in [2.75, 3.05) is 13.6 Å². The number of rotatable bonds is 6. The van der Waals surface area contributed by atoms with Crippen LogP contribution in [0, 0.1) is 33.1 Å². The van der Waals surface area contributed by atoms with Gasteiger partial charge in [-0.15, -0.1) is 29.1 Å². The summed E-state index contributed by atoms with van der Waals surface area (Å²) in [5, 5.41) is 5.98. The minimum absolute atomic E-state index is 0.522. The number of amidine groups is 1. The van der Waals surface area contributed by atoms with E-state index >= 15 is 0 Å². The zero-order chi connectivity index (χ0) is 22.5. The maximum absolute atomic E-state index is 4.91. The highest BCUT2D eigenvalue weighted by Crippen LogP contribution is 2.30. The second-order valence-electron chi connectivity index (χ2n) is 6.50. The minimum Gasteiger partial charge on any atom is -0.340 e. The van der Waals surface area contributed by atoms with E-state index < -0.39 is 0 Å². The fourth-order valence-corrected chi connectivity index (χ4v) is 3.64. The lowest BCUT2D eigenvalue weighted by Crippen LogP contribution is -2.14. The highest BCUT2D eigenvalue weighted by Gasteiger charge is 2.10. The molecule has 0 aliphatic heterocycles. The summed E-state index contributed by atoms with van der Waals surface area (Å²) in [6, 6.07) is 0. The van der Waals surface area contributed by atoms with Crippen LogP contribution in [0.15, 0.2) is 37.5 Å². The third kappa shape index (κ3) is 8.44. The van der Waals surface area contributed by atoms with Crippen LogP contribution in [-0.4, -0.2) is 41.9 Å². The Morgan fingerprint density at radius 2 is 2.00 bits per heavy atom. The molecule has 0 fully saturated rings. The Labute approximate surface area is 189 Å². The molecule has 0 saturated carbocycles. The molecule has 0 radical (unpaired) electrons. The van der Waals surface area contributed by atoms with E-state index in [0.717, 1.165) is 27.8 Å². The highest BCUT2D eigenvalue weighted by molar-refractivity contribution is 7.14. The van der Waals surface area contributed by atoms with Gasteiger partial charge in [-0.2, -0.15) is 0 Å². The van der Waals surface area contributed by atoms with Gasteiger partial charge >= 0.3 is 0 Å². The summed E-state index contributed by atoms with van der Waals surface area (Å²) in [7, 11) is 1.98. The van der Waals surface area contributed by atoms with Crippen LogP contribution >= 0.6 is 22.7 Å². The molecule has 30 heavy (non-hydrogen) atoms. The Morgan fingerprint density at radius 1 is 1.27 bits per heavy atom. The summed E-state index contributed by atoms with van der Waals surface area (Å²) in [5.41, 5.74) is 4.58. The predicted molar refractivity (Wildman–Crippen MR) is 135 cm³/mol. The van der Waals surface area contributed by atoms with Gasteiger partial charge in [0.2, 0.25) is 0 Å². The Bertz CT molecular complexity index is 955. The Hall–Kier alpha value is -2.56. The lowest BCUT2D eigenvalue weighted by Gasteiger charge is -2.12. The molecule has 2 aromatic heterocycles. The summed E-state index contributed by atoms with van der Waals surface area (Å²) in [6.45, 7) is 12.8. The topological polar surface area (TPSA) is 53.2 Å². The molecule has 0 N–H and O–H groups in total. The molecular weight excluding hydrogens is 410 g/mol. The molecule has 0 saturated heterocycles. The van der Waals surface area contributed by atoms with Crippen LogP contribution in [-0.2, 0) is 0 Å². The molecule has 0 aliphatic carbocycles. The molecule has 2 aromatic rings. The van der Waals surface area contributed by atoms with E-state index in [0.29, 0.717) is 12.4 Å². The quantitative estimate of drug-likeness (QED) is 0.305. The average Bonchev–Trinajstić information content (AvgIpc) is 3.31. The van der Waals surface area contributed by atoms with Crippen molar-refractivity contribution in [1.29, 1.82) is 0 Å². The first-order valence-corrected chi connectivity index (χ1v) is 11.5. The maximum atomic E-state index is 4.91. The van der Waals surface area contributed by atoms with Gasteiger partial charge in [-0.05, 0) is 63.8 Å². The Kier molecular flexibility index (Phi) is 11.6. The van der Waals surface area contributed by atoms with Crippen LogP contribution in [0.4, 0.5) is 5.00 Å². The average molecular weight is 442 g/mol. The molecule has 0 aliphatic rings. The SMILES string of the molecule is C#CCN=CCC.C/C=C(\C)N(C)C=N/C(=N\c1scc(C)c1C)c1nc(C)cs1. The predicted octanol–water partition coefficient (Wildman–Crippen LogP) is 6.19. The van der Waals surface area contributed by atoms with Gasteiger partial charge in [-0.25, -0.2) is 15.0 Å². The summed E-state index contributed by atoms with van der Waals surface area (Å²) in [6.07, 6.45) is 11.5. The number of aryl methyl sites for hydroxylation is 2. The largest absolute Gasteiger partial charge is 0.340 e. The van der Waals surface area contributed by atoms with Gasteiger partial charge in [0, 0.05) is 23.8 Å². The summed E-state index contributed by atoms with van der Waals surface area (Å²) in [5.74, 6) is 3.06. The van der Waals surface area contributed by atoms with Crippen LogP contribution in [0.5, 0.6) is 0 Å². The van der Waals surface area contributed by atoms with Crippen molar-refractivity contribution in [2.24, 2.45) is 15.0 Å². The van der Waals surface area contributed by atoms with Gasteiger partial charge in [-0.3, -0.25) is 4.99 Å². The first kappa shape index (κ1) is 25.5. The van der Waals surface area contributed by atoms with E-state index in [1.54, 1.807) is 29.0 Å². The zero-order valence-electron chi connectivity index (χ0n) is 18.9. The van der Waals surface area contributed by atoms with Gasteiger partial charge in [0.1, 0.15) is 5.00 Å². The fraction of sp³-hybridized carbons (Fsp3) is 0.391. The number of hydrogen-bond donors (Lipinski definition) is 0. The first-order chi connectivity index (χ1) is 14.3. The number of thiophene rings is 1. The van der Waals surface area contributed by atoms with Gasteiger partial charge in [0.05, 0.1) is 12.9 Å². The minimum atomic E-state index is 0.522. The van der Waals surface area contributed by atoms with E-state index in [1.807, 2.05) is 57.3 Å². The number of allylic oxidation sites excluding steroid dienone is 2. The molecule has 5 nitrogen and oxygen atoms in total. The third-order valence-electron chi connectivity index (χ3n) is 4.10. The lowest BCUT2D eigenvalue weighted by molar-refractivity contribution is 0.645. The van der Waals surface area contributed by atoms with Gasteiger partial charge in [0.25, 0.3) is 0 Å². The summed E-state index contributed by atoms with van der Waals surface area (Å²) in [4.78, 5) is 19.7. The zero-order valence-corrected chi connectivity index (χ0v) is 20.6. The number of thiazole rings is 1. The molecule has 0 spiro atoms. The second kappa shape index (κ2) is 13.6. The standard InChI is InChI=1S/C17H22N4S2.C6H9N/c1-7-13(4)21(6)10-18-15(17-19-12(3)9-23-17)20-16-14(5)11(2)8-22-16;1-3-5-7-6-4-2/h7-10H,1-6H3;1,6H,4-5H2,2H3/b13-7+,18-10?,20-15-;. The second-order valence-corrected chi connectivity index (χ2v) is 8.22. The van der Waals surface area contributed by atoms with E-state index in [1.165, 1.54) is 11.1 Å². The normalized spacial score (nSPS) is 12.2. The smallest absolute Gasteiger partial charge is 0.191 e. The number of aliphatic imine (C=N–C) groups is 3. The van der Waals surface area contributed by atoms with Crippen LogP contribution in [0.25, 0.3) is 0 Å². The van der Waals surface area contributed by atoms with Crippen molar-refractivity contribution < 1.29 is 0 Å². The molecule has 7 heteroatoms. The van der Waals surface area contributed by atoms with E-state index in [2.05, 4.69) is 40.1 Å². The number of terminal acetylenes is 1. The van der Waals surface area contributed by atoms with Crippen LogP contribution in [0.3, 0.4) is 0 Å². The van der Waals surface area contributed by atoms with E-state index in [9.17, 15) is 0 Å². The van der Waals surface area contributed by atoms with Crippen molar-refractivity contribution in [3.05, 3.63) is 44.4 Å². The van der Waals surface area contributed by atoms with Crippen LogP contribution < -0.4 is 0 Å². The molecule has 0 aromatic carbocycles. The first-order valence-electron chi connectivity index (χ1n) is 9.71. The van der Waals surface area contributed by atoms with Crippen LogP contribution in [0.2, 0.25) is 0 Å². The van der Waals surface area contributed by atoms with Gasteiger partial charge in [0.15, 0.2) is 10.8 Å². The molecule has 0 unspecified atom stereocenters. The van der Waals surface area contributed by atoms with Crippen molar-refractivity contribution in [3.63, 3.8) is 0 Å². The molecule has 0 atom stereocenters. The van der Waals surface area contributed by atoms with Gasteiger partial charge < -0.3 is 4.90 Å². The molecule has 2 rings (SSSR count). The van der Waals surface area contributed by atoms with Gasteiger partial charge in [-0.1, -0.05) is 18.9 Å². The molecule has 0 bridgehead atoms. The van der Waals surface area contributed by atoms with Crippen LogP contribution in [0.1, 0.15) is 49.0 Å². The maximum Gasteiger partial charge on any atom is 0.191 e. The number of aromatic nitrogens is 1.